The standard InChI is InChI=1S/C15H11FN4.C5H5N/c16-13-5-3-12(4-6-13)14-15(19-8-1-2-9-19)20(10-7-17)11-18-14;1-2-4-6-5-3-1/h1-6,8-9,11H,10H2;1-5H. The van der Waals surface area contributed by atoms with Crippen LogP contribution in [-0.2, 0) is 6.54 Å². The third-order valence-corrected chi connectivity index (χ3v) is 3.58. The Morgan fingerprint density at radius 1 is 0.962 bits per heavy atom. The van der Waals surface area contributed by atoms with E-state index in [1.54, 1.807) is 35.4 Å². The molecule has 0 radical (unpaired) electrons. The molecule has 5 nitrogen and oxygen atoms in total. The van der Waals surface area contributed by atoms with Gasteiger partial charge in [0.15, 0.2) is 0 Å². The summed E-state index contributed by atoms with van der Waals surface area (Å²) < 4.78 is 16.7. The summed E-state index contributed by atoms with van der Waals surface area (Å²) in [6.07, 6.45) is 8.90. The number of aromatic nitrogens is 4. The van der Waals surface area contributed by atoms with Gasteiger partial charge in [-0.2, -0.15) is 5.26 Å². The minimum absolute atomic E-state index is 0.210. The van der Waals surface area contributed by atoms with Crippen LogP contribution in [-0.4, -0.2) is 19.1 Å². The van der Waals surface area contributed by atoms with Crippen LogP contribution in [0.3, 0.4) is 0 Å². The van der Waals surface area contributed by atoms with Crippen LogP contribution < -0.4 is 0 Å². The molecule has 1 aromatic carbocycles. The summed E-state index contributed by atoms with van der Waals surface area (Å²) in [5, 5.41) is 8.90. The van der Waals surface area contributed by atoms with Crippen molar-refractivity contribution < 1.29 is 4.39 Å². The molecule has 0 spiro atoms. The number of halogens is 1. The summed E-state index contributed by atoms with van der Waals surface area (Å²) in [5.74, 6) is 0.510. The third-order valence-electron chi connectivity index (χ3n) is 3.58. The van der Waals surface area contributed by atoms with Crippen LogP contribution >= 0.6 is 0 Å². The van der Waals surface area contributed by atoms with E-state index in [0.717, 1.165) is 17.1 Å². The minimum atomic E-state index is -0.285. The molecule has 26 heavy (non-hydrogen) atoms. The SMILES string of the molecule is N#CCn1cnc(-c2ccc(F)cc2)c1-n1cccc1.c1ccncc1. The van der Waals surface area contributed by atoms with Crippen LogP contribution in [0.15, 0.2) is 85.7 Å². The molecule has 3 heterocycles. The molecule has 4 rings (SSSR count). The number of hydrogen-bond acceptors (Lipinski definition) is 3. The summed E-state index contributed by atoms with van der Waals surface area (Å²) in [7, 11) is 0. The summed E-state index contributed by atoms with van der Waals surface area (Å²) in [6, 6.07) is 17.8. The number of nitrogens with zero attached hydrogens (tertiary/aromatic N) is 5. The highest BCUT2D eigenvalue weighted by Crippen LogP contribution is 2.25. The van der Waals surface area contributed by atoms with Crippen molar-refractivity contribution in [2.45, 2.75) is 6.54 Å². The lowest BCUT2D eigenvalue weighted by molar-refractivity contribution is 0.628. The molecule has 0 aliphatic heterocycles. The Morgan fingerprint density at radius 3 is 2.19 bits per heavy atom. The number of rotatable bonds is 3. The van der Waals surface area contributed by atoms with Crippen molar-refractivity contribution in [2.24, 2.45) is 0 Å². The predicted molar refractivity (Wildman–Crippen MR) is 96.8 cm³/mol. The van der Waals surface area contributed by atoms with Crippen LogP contribution in [0.1, 0.15) is 0 Å². The maximum atomic E-state index is 13.0. The Labute approximate surface area is 150 Å². The lowest BCUT2D eigenvalue weighted by Crippen LogP contribution is -2.03. The largest absolute Gasteiger partial charge is 0.308 e. The van der Waals surface area contributed by atoms with Crippen LogP contribution in [0, 0.1) is 17.1 Å². The summed E-state index contributed by atoms with van der Waals surface area (Å²) in [5.41, 5.74) is 1.53. The molecule has 3 aromatic heterocycles. The molecular formula is C20H16FN5. The topological polar surface area (TPSA) is 59.4 Å². The van der Waals surface area contributed by atoms with Gasteiger partial charge in [0, 0.05) is 30.4 Å². The van der Waals surface area contributed by atoms with Gasteiger partial charge < -0.3 is 9.13 Å². The van der Waals surface area contributed by atoms with Crippen LogP contribution in [0.5, 0.6) is 0 Å². The average Bonchev–Trinajstić information content (AvgIpc) is 3.34. The summed E-state index contributed by atoms with van der Waals surface area (Å²) in [4.78, 5) is 8.14. The van der Waals surface area contributed by atoms with Gasteiger partial charge in [0.25, 0.3) is 0 Å². The molecule has 0 aliphatic rings. The van der Waals surface area contributed by atoms with E-state index < -0.39 is 0 Å². The number of pyridine rings is 1. The zero-order valence-corrected chi connectivity index (χ0v) is 13.9. The highest BCUT2D eigenvalue weighted by molar-refractivity contribution is 5.67. The quantitative estimate of drug-likeness (QED) is 0.562. The summed E-state index contributed by atoms with van der Waals surface area (Å²) >= 11 is 0. The Kier molecular flexibility index (Phi) is 5.53. The van der Waals surface area contributed by atoms with Crippen LogP contribution in [0.2, 0.25) is 0 Å². The fourth-order valence-electron chi connectivity index (χ4n) is 2.44. The first kappa shape index (κ1) is 17.1. The van der Waals surface area contributed by atoms with E-state index in [0.29, 0.717) is 0 Å². The van der Waals surface area contributed by atoms with Crippen molar-refractivity contribution in [3.05, 3.63) is 91.5 Å². The predicted octanol–water partition coefficient (Wildman–Crippen LogP) is 4.09. The van der Waals surface area contributed by atoms with E-state index in [9.17, 15) is 4.39 Å². The van der Waals surface area contributed by atoms with Crippen molar-refractivity contribution in [1.29, 1.82) is 5.26 Å². The van der Waals surface area contributed by atoms with Gasteiger partial charge in [-0.15, -0.1) is 0 Å². The normalized spacial score (nSPS) is 9.85. The van der Waals surface area contributed by atoms with Crippen molar-refractivity contribution >= 4 is 0 Å². The maximum absolute atomic E-state index is 13.0. The molecule has 128 valence electrons. The smallest absolute Gasteiger partial charge is 0.145 e. The van der Waals surface area contributed by atoms with Crippen LogP contribution in [0.4, 0.5) is 4.39 Å². The van der Waals surface area contributed by atoms with Crippen molar-refractivity contribution in [3.63, 3.8) is 0 Å². The van der Waals surface area contributed by atoms with Crippen molar-refractivity contribution in [2.75, 3.05) is 0 Å². The van der Waals surface area contributed by atoms with Gasteiger partial charge in [-0.3, -0.25) is 4.98 Å². The van der Waals surface area contributed by atoms with Gasteiger partial charge in [0.2, 0.25) is 0 Å². The van der Waals surface area contributed by atoms with Crippen molar-refractivity contribution in [1.82, 2.24) is 19.1 Å². The van der Waals surface area contributed by atoms with Gasteiger partial charge in [-0.05, 0) is 48.5 Å². The molecule has 0 saturated heterocycles. The first-order chi connectivity index (χ1) is 12.8. The molecule has 0 atom stereocenters. The molecule has 0 fully saturated rings. The van der Waals surface area contributed by atoms with E-state index >= 15 is 0 Å². The van der Waals surface area contributed by atoms with E-state index in [4.69, 9.17) is 5.26 Å². The first-order valence-electron chi connectivity index (χ1n) is 7.96. The van der Waals surface area contributed by atoms with Gasteiger partial charge in [-0.25, -0.2) is 9.37 Å². The maximum Gasteiger partial charge on any atom is 0.145 e. The molecule has 4 aromatic rings. The summed E-state index contributed by atoms with van der Waals surface area (Å²) in [6.45, 7) is 0.210. The first-order valence-corrected chi connectivity index (χ1v) is 7.96. The Bertz CT molecular complexity index is 941. The zero-order valence-electron chi connectivity index (χ0n) is 13.9. The Morgan fingerprint density at radius 2 is 1.65 bits per heavy atom. The molecular weight excluding hydrogens is 329 g/mol. The lowest BCUT2D eigenvalue weighted by atomic mass is 10.1. The second-order valence-electron chi connectivity index (χ2n) is 5.32. The van der Waals surface area contributed by atoms with E-state index in [2.05, 4.69) is 16.0 Å². The minimum Gasteiger partial charge on any atom is -0.308 e. The second-order valence-corrected chi connectivity index (χ2v) is 5.32. The Hall–Kier alpha value is -3.72. The monoisotopic (exact) mass is 345 g/mol. The number of benzene rings is 1. The number of imidazole rings is 1. The molecule has 0 saturated carbocycles. The Balaban J connectivity index is 0.000000278. The highest BCUT2D eigenvalue weighted by atomic mass is 19.1. The molecule has 6 heteroatoms. The van der Waals surface area contributed by atoms with E-state index in [-0.39, 0.29) is 12.4 Å². The molecule has 0 unspecified atom stereocenters. The van der Waals surface area contributed by atoms with E-state index in [1.807, 2.05) is 47.3 Å². The van der Waals surface area contributed by atoms with Gasteiger partial charge >= 0.3 is 0 Å². The average molecular weight is 345 g/mol. The molecule has 0 N–H and O–H groups in total. The van der Waals surface area contributed by atoms with Crippen LogP contribution in [0.25, 0.3) is 17.1 Å². The molecule has 0 aliphatic carbocycles. The molecule has 0 bridgehead atoms. The van der Waals surface area contributed by atoms with Gasteiger partial charge in [-0.1, -0.05) is 6.07 Å². The lowest BCUT2D eigenvalue weighted by Gasteiger charge is -2.08. The number of hydrogen-bond donors (Lipinski definition) is 0. The second kappa shape index (κ2) is 8.40. The van der Waals surface area contributed by atoms with Gasteiger partial charge in [0.1, 0.15) is 23.9 Å². The fraction of sp³-hybridized carbons (Fsp3) is 0.0500. The number of nitriles is 1. The fourth-order valence-corrected chi connectivity index (χ4v) is 2.44. The van der Waals surface area contributed by atoms with Gasteiger partial charge in [0.05, 0.1) is 12.4 Å². The highest BCUT2D eigenvalue weighted by Gasteiger charge is 2.14. The van der Waals surface area contributed by atoms with Crippen molar-refractivity contribution in [3.8, 4) is 23.1 Å². The zero-order chi connectivity index (χ0) is 18.2. The van der Waals surface area contributed by atoms with E-state index in [1.165, 1.54) is 12.1 Å². The third kappa shape index (κ3) is 4.02. The molecule has 0 amide bonds.